The standard InChI is InChI=1S/C17H15FN2O2S/c1-11(16(21)19-10-12-6-8-13(18)9-7-12)20-17(22)14-4-2-3-5-15(14)23-20/h2-9,11H,10H2,1H3,(H,19,21). The molecule has 0 saturated heterocycles. The quantitative estimate of drug-likeness (QED) is 0.799. The van der Waals surface area contributed by atoms with Gasteiger partial charge in [-0.15, -0.1) is 0 Å². The highest BCUT2D eigenvalue weighted by Gasteiger charge is 2.19. The summed E-state index contributed by atoms with van der Waals surface area (Å²) in [4.78, 5) is 24.6. The molecule has 2 aromatic carbocycles. The number of halogens is 1. The van der Waals surface area contributed by atoms with Crippen molar-refractivity contribution in [3.05, 3.63) is 70.3 Å². The van der Waals surface area contributed by atoms with Crippen molar-refractivity contribution in [1.29, 1.82) is 0 Å². The van der Waals surface area contributed by atoms with E-state index >= 15 is 0 Å². The Balaban J connectivity index is 1.74. The second-order valence-electron chi connectivity index (χ2n) is 5.24. The highest BCUT2D eigenvalue weighted by atomic mass is 32.1. The van der Waals surface area contributed by atoms with Crippen LogP contribution in [-0.4, -0.2) is 9.86 Å². The van der Waals surface area contributed by atoms with Crippen LogP contribution in [0.25, 0.3) is 10.1 Å². The molecule has 118 valence electrons. The lowest BCUT2D eigenvalue weighted by atomic mass is 10.2. The molecule has 1 unspecified atom stereocenters. The molecule has 1 atom stereocenters. The predicted molar refractivity (Wildman–Crippen MR) is 89.0 cm³/mol. The number of amides is 1. The molecule has 0 aliphatic rings. The number of rotatable bonds is 4. The number of carbonyl (C=O) groups excluding carboxylic acids is 1. The Morgan fingerprint density at radius 3 is 2.61 bits per heavy atom. The summed E-state index contributed by atoms with van der Waals surface area (Å²) in [6, 6.07) is 12.6. The molecule has 0 radical (unpaired) electrons. The minimum Gasteiger partial charge on any atom is -0.350 e. The van der Waals surface area contributed by atoms with Gasteiger partial charge in [0.15, 0.2) is 0 Å². The molecule has 1 amide bonds. The van der Waals surface area contributed by atoms with Crippen molar-refractivity contribution in [2.75, 3.05) is 0 Å². The Morgan fingerprint density at radius 1 is 1.22 bits per heavy atom. The Hall–Kier alpha value is -2.47. The molecule has 3 aromatic rings. The highest BCUT2D eigenvalue weighted by Crippen LogP contribution is 2.19. The molecule has 4 nitrogen and oxygen atoms in total. The van der Waals surface area contributed by atoms with E-state index in [9.17, 15) is 14.0 Å². The molecule has 0 aliphatic heterocycles. The van der Waals surface area contributed by atoms with Crippen LogP contribution in [0, 0.1) is 5.82 Å². The van der Waals surface area contributed by atoms with Crippen LogP contribution in [0.4, 0.5) is 4.39 Å². The summed E-state index contributed by atoms with van der Waals surface area (Å²) < 4.78 is 15.2. The summed E-state index contributed by atoms with van der Waals surface area (Å²) in [5.74, 6) is -0.562. The van der Waals surface area contributed by atoms with E-state index in [-0.39, 0.29) is 17.3 Å². The third kappa shape index (κ3) is 3.17. The second kappa shape index (κ2) is 6.34. The summed E-state index contributed by atoms with van der Waals surface area (Å²) in [7, 11) is 0. The van der Waals surface area contributed by atoms with Crippen molar-refractivity contribution in [1.82, 2.24) is 9.27 Å². The highest BCUT2D eigenvalue weighted by molar-refractivity contribution is 7.14. The van der Waals surface area contributed by atoms with E-state index in [1.54, 1.807) is 31.2 Å². The molecule has 0 saturated carbocycles. The van der Waals surface area contributed by atoms with Gasteiger partial charge in [-0.2, -0.15) is 0 Å². The zero-order valence-electron chi connectivity index (χ0n) is 12.5. The average molecular weight is 330 g/mol. The van der Waals surface area contributed by atoms with Crippen molar-refractivity contribution < 1.29 is 9.18 Å². The first-order chi connectivity index (χ1) is 11.1. The fourth-order valence-corrected chi connectivity index (χ4v) is 3.33. The third-order valence-corrected chi connectivity index (χ3v) is 4.86. The van der Waals surface area contributed by atoms with E-state index < -0.39 is 6.04 Å². The first-order valence-corrected chi connectivity index (χ1v) is 7.96. The molecular weight excluding hydrogens is 315 g/mol. The van der Waals surface area contributed by atoms with Gasteiger partial charge in [0.05, 0.1) is 10.1 Å². The number of hydrogen-bond donors (Lipinski definition) is 1. The van der Waals surface area contributed by atoms with Gasteiger partial charge < -0.3 is 5.32 Å². The average Bonchev–Trinajstić information content (AvgIpc) is 2.90. The van der Waals surface area contributed by atoms with Gasteiger partial charge in [0.25, 0.3) is 5.56 Å². The monoisotopic (exact) mass is 330 g/mol. The first-order valence-electron chi connectivity index (χ1n) is 7.19. The van der Waals surface area contributed by atoms with Gasteiger partial charge in [0, 0.05) is 6.54 Å². The van der Waals surface area contributed by atoms with Gasteiger partial charge in [-0.05, 0) is 36.8 Å². The summed E-state index contributed by atoms with van der Waals surface area (Å²) >= 11 is 1.28. The summed E-state index contributed by atoms with van der Waals surface area (Å²) in [6.07, 6.45) is 0. The Bertz CT molecular complexity index is 899. The van der Waals surface area contributed by atoms with Crippen molar-refractivity contribution in [3.8, 4) is 0 Å². The van der Waals surface area contributed by atoms with Gasteiger partial charge in [-0.1, -0.05) is 35.8 Å². The third-order valence-electron chi connectivity index (χ3n) is 3.63. The fourth-order valence-electron chi connectivity index (χ4n) is 2.29. The molecule has 23 heavy (non-hydrogen) atoms. The van der Waals surface area contributed by atoms with Crippen molar-refractivity contribution in [2.45, 2.75) is 19.5 Å². The van der Waals surface area contributed by atoms with Crippen LogP contribution < -0.4 is 10.9 Å². The van der Waals surface area contributed by atoms with Crippen LogP contribution in [0.3, 0.4) is 0 Å². The van der Waals surface area contributed by atoms with Crippen LogP contribution in [0.2, 0.25) is 0 Å². The van der Waals surface area contributed by atoms with Crippen molar-refractivity contribution >= 4 is 27.5 Å². The lowest BCUT2D eigenvalue weighted by molar-refractivity contribution is -0.123. The van der Waals surface area contributed by atoms with Gasteiger partial charge in [0.1, 0.15) is 11.9 Å². The second-order valence-corrected chi connectivity index (χ2v) is 6.25. The van der Waals surface area contributed by atoms with Crippen molar-refractivity contribution in [2.24, 2.45) is 0 Å². The molecule has 0 bridgehead atoms. The smallest absolute Gasteiger partial charge is 0.269 e. The zero-order valence-corrected chi connectivity index (χ0v) is 13.3. The maximum Gasteiger partial charge on any atom is 0.269 e. The number of nitrogens with zero attached hydrogens (tertiary/aromatic N) is 1. The van der Waals surface area contributed by atoms with E-state index in [1.807, 2.05) is 12.1 Å². The number of carbonyl (C=O) groups is 1. The lowest BCUT2D eigenvalue weighted by Crippen LogP contribution is -2.33. The maximum atomic E-state index is 12.9. The lowest BCUT2D eigenvalue weighted by Gasteiger charge is -2.12. The minimum absolute atomic E-state index is 0.157. The molecule has 0 fully saturated rings. The van der Waals surface area contributed by atoms with E-state index in [1.165, 1.54) is 27.6 Å². The van der Waals surface area contributed by atoms with E-state index in [2.05, 4.69) is 5.32 Å². The molecule has 1 heterocycles. The Labute approximate surface area is 136 Å². The number of fused-ring (bicyclic) bond motifs is 1. The first kappa shape index (κ1) is 15.4. The van der Waals surface area contributed by atoms with E-state index in [0.29, 0.717) is 11.9 Å². The van der Waals surface area contributed by atoms with E-state index in [4.69, 9.17) is 0 Å². The minimum atomic E-state index is -0.597. The zero-order chi connectivity index (χ0) is 16.4. The van der Waals surface area contributed by atoms with Crippen LogP contribution in [0.15, 0.2) is 53.3 Å². The van der Waals surface area contributed by atoms with Gasteiger partial charge in [-0.3, -0.25) is 13.5 Å². The Morgan fingerprint density at radius 2 is 1.91 bits per heavy atom. The summed E-state index contributed by atoms with van der Waals surface area (Å²) in [5.41, 5.74) is 0.644. The summed E-state index contributed by atoms with van der Waals surface area (Å²) in [5, 5.41) is 3.39. The molecular formula is C17H15FN2O2S. The topological polar surface area (TPSA) is 51.1 Å². The normalized spacial score (nSPS) is 12.3. The largest absolute Gasteiger partial charge is 0.350 e. The molecule has 6 heteroatoms. The molecule has 0 aliphatic carbocycles. The fraction of sp³-hybridized carbons (Fsp3) is 0.176. The van der Waals surface area contributed by atoms with Crippen LogP contribution in [0.1, 0.15) is 18.5 Å². The molecule has 0 spiro atoms. The molecule has 1 N–H and O–H groups in total. The predicted octanol–water partition coefficient (Wildman–Crippen LogP) is 3.08. The maximum absolute atomic E-state index is 12.9. The van der Waals surface area contributed by atoms with Crippen LogP contribution >= 0.6 is 11.5 Å². The SMILES string of the molecule is CC(C(=O)NCc1ccc(F)cc1)n1sc2ccccc2c1=O. The molecule has 3 rings (SSSR count). The van der Waals surface area contributed by atoms with Gasteiger partial charge in [0.2, 0.25) is 5.91 Å². The number of benzene rings is 2. The summed E-state index contributed by atoms with van der Waals surface area (Å²) in [6.45, 7) is 1.99. The van der Waals surface area contributed by atoms with Crippen LogP contribution in [0.5, 0.6) is 0 Å². The van der Waals surface area contributed by atoms with E-state index in [0.717, 1.165) is 10.3 Å². The molecule has 1 aromatic heterocycles. The van der Waals surface area contributed by atoms with Gasteiger partial charge >= 0.3 is 0 Å². The van der Waals surface area contributed by atoms with Crippen LogP contribution in [-0.2, 0) is 11.3 Å². The number of hydrogen-bond acceptors (Lipinski definition) is 3. The Kier molecular flexibility index (Phi) is 4.25. The number of aromatic nitrogens is 1. The van der Waals surface area contributed by atoms with Crippen molar-refractivity contribution in [3.63, 3.8) is 0 Å². The van der Waals surface area contributed by atoms with Gasteiger partial charge in [-0.25, -0.2) is 4.39 Å². The number of nitrogens with one attached hydrogen (secondary N) is 1.